The van der Waals surface area contributed by atoms with Gasteiger partial charge in [-0.05, 0) is 80.2 Å². The van der Waals surface area contributed by atoms with Gasteiger partial charge >= 0.3 is 0 Å². The van der Waals surface area contributed by atoms with E-state index in [1.54, 1.807) is 0 Å². The number of para-hydroxylation sites is 1. The molecule has 0 bridgehead atoms. The van der Waals surface area contributed by atoms with Crippen LogP contribution >= 0.6 is 0 Å². The van der Waals surface area contributed by atoms with E-state index >= 15 is 0 Å². The van der Waals surface area contributed by atoms with E-state index in [2.05, 4.69) is 103 Å². The van der Waals surface area contributed by atoms with E-state index in [1.165, 1.54) is 21.9 Å². The predicted molar refractivity (Wildman–Crippen MR) is 209 cm³/mol. The second-order valence-corrected chi connectivity index (χ2v) is 12.8. The molecule has 0 saturated carbocycles. The lowest BCUT2D eigenvalue weighted by atomic mass is 9.88. The summed E-state index contributed by atoms with van der Waals surface area (Å²) in [4.78, 5) is 14.8. The van der Waals surface area contributed by atoms with Gasteiger partial charge in [-0.25, -0.2) is 15.0 Å². The highest BCUT2D eigenvalue weighted by Crippen LogP contribution is 2.43. The van der Waals surface area contributed by atoms with Gasteiger partial charge in [-0.3, -0.25) is 0 Å². The zero-order valence-electron chi connectivity index (χ0n) is 27.5. The molecule has 0 atom stereocenters. The van der Waals surface area contributed by atoms with Gasteiger partial charge in [0.2, 0.25) is 0 Å². The predicted octanol–water partition coefficient (Wildman–Crippen LogP) is 12.4. The normalized spacial score (nSPS) is 11.5. The smallest absolute Gasteiger partial charge is 0.164 e. The van der Waals surface area contributed by atoms with E-state index in [9.17, 15) is 0 Å². The van der Waals surface area contributed by atoms with Crippen LogP contribution in [0.4, 0.5) is 0 Å². The molecule has 4 heteroatoms. The molecular formula is C47H29N3O. The maximum atomic E-state index is 6.30. The molecule has 0 N–H and O–H groups in total. The van der Waals surface area contributed by atoms with Crippen molar-refractivity contribution in [3.63, 3.8) is 0 Å². The van der Waals surface area contributed by atoms with E-state index in [0.717, 1.165) is 60.5 Å². The summed E-state index contributed by atoms with van der Waals surface area (Å²) >= 11 is 0. The van der Waals surface area contributed by atoms with Crippen LogP contribution in [0, 0.1) is 0 Å². The van der Waals surface area contributed by atoms with Crippen molar-refractivity contribution in [3.8, 4) is 56.4 Å². The Morgan fingerprint density at radius 1 is 0.314 bits per heavy atom. The lowest BCUT2D eigenvalue weighted by molar-refractivity contribution is 0.669. The van der Waals surface area contributed by atoms with Crippen molar-refractivity contribution >= 4 is 43.5 Å². The van der Waals surface area contributed by atoms with Gasteiger partial charge in [-0.2, -0.15) is 0 Å². The van der Waals surface area contributed by atoms with Gasteiger partial charge in [0.1, 0.15) is 11.2 Å². The molecule has 2 aromatic heterocycles. The molecule has 0 fully saturated rings. The van der Waals surface area contributed by atoms with Crippen molar-refractivity contribution in [1.29, 1.82) is 0 Å². The Morgan fingerprint density at radius 2 is 0.824 bits per heavy atom. The Balaban J connectivity index is 1.12. The minimum atomic E-state index is 0.644. The minimum absolute atomic E-state index is 0.644. The summed E-state index contributed by atoms with van der Waals surface area (Å²) in [5.41, 5.74) is 9.30. The minimum Gasteiger partial charge on any atom is -0.456 e. The highest BCUT2D eigenvalue weighted by Gasteiger charge is 2.18. The fourth-order valence-electron chi connectivity index (χ4n) is 7.19. The molecule has 0 radical (unpaired) electrons. The van der Waals surface area contributed by atoms with Gasteiger partial charge in [0, 0.05) is 27.5 Å². The Hall–Kier alpha value is -6.91. The quantitative estimate of drug-likeness (QED) is 0.186. The molecule has 0 aliphatic rings. The Morgan fingerprint density at radius 3 is 1.51 bits per heavy atom. The molecule has 0 unspecified atom stereocenters. The third-order valence-corrected chi connectivity index (χ3v) is 9.69. The first-order valence-electron chi connectivity index (χ1n) is 17.1. The van der Waals surface area contributed by atoms with E-state index in [4.69, 9.17) is 19.4 Å². The van der Waals surface area contributed by atoms with Crippen LogP contribution in [0.5, 0.6) is 0 Å². The largest absolute Gasteiger partial charge is 0.456 e. The molecule has 2 heterocycles. The van der Waals surface area contributed by atoms with Gasteiger partial charge in [0.05, 0.1) is 0 Å². The Bertz CT molecular complexity index is 2860. The summed E-state index contributed by atoms with van der Waals surface area (Å²) < 4.78 is 6.30. The second-order valence-electron chi connectivity index (χ2n) is 12.8. The molecule has 51 heavy (non-hydrogen) atoms. The number of furan rings is 1. The van der Waals surface area contributed by atoms with Crippen molar-refractivity contribution in [3.05, 3.63) is 176 Å². The van der Waals surface area contributed by atoms with Crippen LogP contribution in [-0.4, -0.2) is 15.0 Å². The van der Waals surface area contributed by atoms with Gasteiger partial charge in [-0.1, -0.05) is 140 Å². The lowest BCUT2D eigenvalue weighted by Crippen LogP contribution is -2.00. The first kappa shape index (κ1) is 29.0. The zero-order chi connectivity index (χ0) is 33.7. The third-order valence-electron chi connectivity index (χ3n) is 9.69. The summed E-state index contributed by atoms with van der Waals surface area (Å²) in [7, 11) is 0. The van der Waals surface area contributed by atoms with Crippen molar-refractivity contribution in [1.82, 2.24) is 15.0 Å². The van der Waals surface area contributed by atoms with Crippen LogP contribution in [-0.2, 0) is 0 Å². The summed E-state index contributed by atoms with van der Waals surface area (Å²) in [5.74, 6) is 1.95. The van der Waals surface area contributed by atoms with Crippen LogP contribution < -0.4 is 0 Å². The fourth-order valence-corrected chi connectivity index (χ4v) is 7.19. The molecule has 0 spiro atoms. The molecule has 4 nitrogen and oxygen atoms in total. The Labute approximate surface area is 294 Å². The third kappa shape index (κ3) is 5.13. The number of aromatic nitrogens is 3. The number of fused-ring (bicyclic) bond motifs is 5. The van der Waals surface area contributed by atoms with Gasteiger partial charge in [0.15, 0.2) is 17.5 Å². The molecule has 10 rings (SSSR count). The first-order valence-corrected chi connectivity index (χ1v) is 17.1. The molecule has 0 aliphatic heterocycles. The highest BCUT2D eigenvalue weighted by atomic mass is 16.3. The lowest BCUT2D eigenvalue weighted by Gasteiger charge is -2.15. The maximum absolute atomic E-state index is 6.30. The second kappa shape index (κ2) is 11.9. The molecule has 0 aliphatic carbocycles. The molecule has 238 valence electrons. The van der Waals surface area contributed by atoms with Crippen LogP contribution in [0.1, 0.15) is 0 Å². The number of rotatable bonds is 5. The van der Waals surface area contributed by atoms with Crippen molar-refractivity contribution in [2.24, 2.45) is 0 Å². The maximum Gasteiger partial charge on any atom is 0.164 e. The summed E-state index contributed by atoms with van der Waals surface area (Å²) in [6.07, 6.45) is 0. The number of nitrogens with zero attached hydrogens (tertiary/aromatic N) is 3. The summed E-state index contributed by atoms with van der Waals surface area (Å²) in [6, 6.07) is 61.2. The molecule has 8 aromatic carbocycles. The van der Waals surface area contributed by atoms with Gasteiger partial charge in [-0.15, -0.1) is 0 Å². The standard InChI is InChI=1S/C47H29N3O/c1-3-12-30(13-4-1)45-48-46(31-14-5-2-6-15-31)50-47(49-45)37-25-23-34-26-36(24-22-35(34)27-37)40-28-32-16-7-8-17-33(32)29-41(40)38-19-11-21-43-44(38)39-18-9-10-20-42(39)51-43/h1-29H. The number of hydrogen-bond acceptors (Lipinski definition) is 4. The van der Waals surface area contributed by atoms with Crippen LogP contribution in [0.3, 0.4) is 0 Å². The van der Waals surface area contributed by atoms with Crippen molar-refractivity contribution in [2.45, 2.75) is 0 Å². The molecule has 10 aromatic rings. The number of hydrogen-bond donors (Lipinski definition) is 0. The average Bonchev–Trinajstić information content (AvgIpc) is 3.59. The fraction of sp³-hybridized carbons (Fsp3) is 0. The van der Waals surface area contributed by atoms with Crippen molar-refractivity contribution in [2.75, 3.05) is 0 Å². The van der Waals surface area contributed by atoms with E-state index in [1.807, 2.05) is 72.8 Å². The summed E-state index contributed by atoms with van der Waals surface area (Å²) in [6.45, 7) is 0. The molecular weight excluding hydrogens is 623 g/mol. The highest BCUT2D eigenvalue weighted by molar-refractivity contribution is 6.14. The van der Waals surface area contributed by atoms with Crippen LogP contribution in [0.25, 0.3) is 99.9 Å². The SMILES string of the molecule is c1ccc(-c2nc(-c3ccccc3)nc(-c3ccc4cc(-c5cc6ccccc6cc5-c5cccc6oc7ccccc7c56)ccc4c3)n2)cc1. The average molecular weight is 652 g/mol. The zero-order valence-corrected chi connectivity index (χ0v) is 27.5. The number of benzene rings is 8. The van der Waals surface area contributed by atoms with Gasteiger partial charge in [0.25, 0.3) is 0 Å². The van der Waals surface area contributed by atoms with E-state index < -0.39 is 0 Å². The van der Waals surface area contributed by atoms with Crippen molar-refractivity contribution < 1.29 is 4.42 Å². The van der Waals surface area contributed by atoms with Gasteiger partial charge < -0.3 is 4.42 Å². The van der Waals surface area contributed by atoms with Crippen LogP contribution in [0.2, 0.25) is 0 Å². The van der Waals surface area contributed by atoms with Crippen LogP contribution in [0.15, 0.2) is 180 Å². The monoisotopic (exact) mass is 651 g/mol. The van der Waals surface area contributed by atoms with E-state index in [-0.39, 0.29) is 0 Å². The summed E-state index contributed by atoms with van der Waals surface area (Å²) in [5, 5.41) is 6.92. The first-order chi connectivity index (χ1) is 25.2. The van der Waals surface area contributed by atoms with E-state index in [0.29, 0.717) is 17.5 Å². The molecule has 0 amide bonds. The topological polar surface area (TPSA) is 51.8 Å². The Kier molecular flexibility index (Phi) is 6.78. The molecule has 0 saturated heterocycles.